The van der Waals surface area contributed by atoms with Gasteiger partial charge in [-0.05, 0) is 157 Å². The van der Waals surface area contributed by atoms with Crippen LogP contribution < -0.4 is 0 Å². The highest BCUT2D eigenvalue weighted by molar-refractivity contribution is 6.24. The van der Waals surface area contributed by atoms with E-state index in [4.69, 9.17) is 15.7 Å². The topological polar surface area (TPSA) is 26.3 Å². The summed E-state index contributed by atoms with van der Waals surface area (Å²) in [7, 11) is 0. The molecule has 0 unspecified atom stereocenters. The van der Waals surface area contributed by atoms with E-state index < -0.39 is 6.04 Å². The Morgan fingerprint density at radius 2 is 0.648 bits per heavy atom. The Bertz CT molecular complexity index is 5970. The van der Waals surface area contributed by atoms with E-state index in [1.807, 2.05) is 133 Å². The van der Waals surface area contributed by atoms with E-state index in [-0.39, 0.29) is 64.9 Å². The largest absolute Gasteiger partial charge is 0.456 e. The highest BCUT2D eigenvalue weighted by Crippen LogP contribution is 2.49. The van der Waals surface area contributed by atoms with Crippen molar-refractivity contribution in [1.29, 1.82) is 0 Å². The van der Waals surface area contributed by atoms with E-state index in [9.17, 15) is 5.48 Å². The molecule has 17 rings (SSSR count). The predicted octanol–water partition coefficient (Wildman–Crippen LogP) is 24.8. The Hall–Kier alpha value is -11.1. The van der Waals surface area contributed by atoms with Gasteiger partial charge >= 0.3 is 0 Å². The number of benzene rings is 15. The summed E-state index contributed by atoms with van der Waals surface area (Å²) < 4.78 is 93.1. The average Bonchev–Trinajstić information content (AvgIpc) is 1.39. The molecule has 2 heteroatoms. The molecule has 15 aromatic carbocycles. The van der Waals surface area contributed by atoms with Gasteiger partial charge in [-0.1, -0.05) is 300 Å². The van der Waals surface area contributed by atoms with E-state index in [1.165, 1.54) is 0 Å². The van der Waals surface area contributed by atoms with E-state index in [1.54, 1.807) is 0 Å². The number of furan rings is 2. The van der Waals surface area contributed by atoms with Crippen LogP contribution >= 0.6 is 0 Å². The lowest BCUT2D eigenvalue weighted by Gasteiger charge is -2.23. The monoisotopic (exact) mass is 1130 g/mol. The zero-order valence-electron chi connectivity index (χ0n) is 57.6. The molecular formula is C86H60O2. The first kappa shape index (κ1) is 43.5. The third-order valence-electron chi connectivity index (χ3n) is 17.3. The molecule has 0 saturated heterocycles. The molecule has 0 N–H and O–H groups in total. The fourth-order valence-corrected chi connectivity index (χ4v) is 13.2. The third-order valence-corrected chi connectivity index (χ3v) is 17.3. The van der Waals surface area contributed by atoms with Crippen LogP contribution in [-0.2, 0) is 5.41 Å². The summed E-state index contributed by atoms with van der Waals surface area (Å²) in [6.45, 7) is 6.48. The zero-order valence-corrected chi connectivity index (χ0v) is 48.6. The first-order valence-electron chi connectivity index (χ1n) is 34.2. The second-order valence-corrected chi connectivity index (χ2v) is 23.4. The summed E-state index contributed by atoms with van der Waals surface area (Å²) in [5, 5.41) is 11.1. The molecule has 2 heterocycles. The van der Waals surface area contributed by atoms with Gasteiger partial charge in [-0.25, -0.2) is 0 Å². The van der Waals surface area contributed by atoms with Gasteiger partial charge in [0.05, 0.1) is 12.3 Å². The van der Waals surface area contributed by atoms with Crippen LogP contribution in [0.5, 0.6) is 0 Å². The molecule has 0 amide bonds. The quantitative estimate of drug-likeness (QED) is 0.149. The van der Waals surface area contributed by atoms with Crippen molar-refractivity contribution in [2.45, 2.75) is 26.2 Å². The lowest BCUT2D eigenvalue weighted by Crippen LogP contribution is -2.10. The molecule has 0 saturated carbocycles. The Morgan fingerprint density at radius 3 is 1.19 bits per heavy atom. The summed E-state index contributed by atoms with van der Waals surface area (Å²) in [4.78, 5) is 0. The minimum atomic E-state index is -0.399. The van der Waals surface area contributed by atoms with Crippen molar-refractivity contribution in [3.8, 4) is 77.9 Å². The van der Waals surface area contributed by atoms with Crippen molar-refractivity contribution in [1.82, 2.24) is 0 Å². The Morgan fingerprint density at radius 1 is 0.250 bits per heavy atom. The molecule has 88 heavy (non-hydrogen) atoms. The van der Waals surface area contributed by atoms with Gasteiger partial charge in [0.1, 0.15) is 22.3 Å². The van der Waals surface area contributed by atoms with Gasteiger partial charge in [0.2, 0.25) is 0 Å². The van der Waals surface area contributed by atoms with Gasteiger partial charge in [0.15, 0.2) is 0 Å². The molecule has 0 spiro atoms. The Kier molecular flexibility index (Phi) is 10.6. The smallest absolute Gasteiger partial charge is 0.136 e. The summed E-state index contributed by atoms with van der Waals surface area (Å²) >= 11 is 0. The van der Waals surface area contributed by atoms with Crippen LogP contribution in [0.3, 0.4) is 0 Å². The second kappa shape index (κ2) is 21.5. The van der Waals surface area contributed by atoms with Crippen LogP contribution in [0.4, 0.5) is 0 Å². The Balaban J connectivity index is 0.000000156. The lowest BCUT2D eigenvalue weighted by molar-refractivity contribution is 0.591. The molecule has 416 valence electrons. The summed E-state index contributed by atoms with van der Waals surface area (Å²) in [5.41, 5.74) is 15.3. The first-order valence-corrected chi connectivity index (χ1v) is 29.7. The molecule has 17 aromatic rings. The standard InChI is InChI=1S/C48H36O.C38H24O/c1-48(2,3)35-26-27-39-41(30-35)45(32-16-8-5-9-17-32)38-19-11-10-18-37(38)44(39)33-22-24-34(25-23-33)46-36(31-14-6-4-7-15-31)28-29-43-47(46)40-20-12-13-21-42(40)49-43;1-2-11-26(12-3-1)36-29-13-4-6-15-31(29)37(32-16-7-5-14-30(32)36)27-23-21-25(22-24-27)28-18-10-20-35-38(28)33-17-8-9-19-34(33)39-35/h4-30H,1-3H3;1-24H/i5D,8D,9D,16D,17D;21D,22D,23D,24D. The average molecular weight is 1130 g/mol. The van der Waals surface area contributed by atoms with Gasteiger partial charge in [-0.15, -0.1) is 0 Å². The Labute approximate surface area is 524 Å². The van der Waals surface area contributed by atoms with Crippen LogP contribution in [0.15, 0.2) is 318 Å². The highest BCUT2D eigenvalue weighted by atomic mass is 16.3. The van der Waals surface area contributed by atoms with Crippen molar-refractivity contribution in [2.75, 3.05) is 0 Å². The second-order valence-electron chi connectivity index (χ2n) is 23.4. The highest BCUT2D eigenvalue weighted by Gasteiger charge is 2.23. The molecular weight excluding hydrogens is 1060 g/mol. The van der Waals surface area contributed by atoms with Crippen LogP contribution in [0.2, 0.25) is 0 Å². The van der Waals surface area contributed by atoms with Crippen LogP contribution in [-0.4, -0.2) is 0 Å². The third kappa shape index (κ3) is 8.95. The zero-order chi connectivity index (χ0) is 66.7. The van der Waals surface area contributed by atoms with Crippen molar-refractivity contribution in [3.05, 3.63) is 315 Å². The maximum atomic E-state index is 9.35. The van der Waals surface area contributed by atoms with Crippen molar-refractivity contribution >= 4 is 87.0 Å². The molecule has 2 aromatic heterocycles. The minimum Gasteiger partial charge on any atom is -0.456 e. The normalized spacial score (nSPS) is 13.2. The van der Waals surface area contributed by atoms with Crippen molar-refractivity contribution < 1.29 is 21.2 Å². The van der Waals surface area contributed by atoms with E-state index >= 15 is 0 Å². The first-order chi connectivity index (χ1) is 47.1. The van der Waals surface area contributed by atoms with E-state index in [0.717, 1.165) is 126 Å². The van der Waals surface area contributed by atoms with Crippen LogP contribution in [0, 0.1) is 0 Å². The van der Waals surface area contributed by atoms with Crippen LogP contribution in [0.25, 0.3) is 165 Å². The molecule has 0 radical (unpaired) electrons. The molecule has 0 aliphatic heterocycles. The van der Waals surface area contributed by atoms with Gasteiger partial charge in [-0.3, -0.25) is 0 Å². The number of fused-ring (bicyclic) bond motifs is 10. The molecule has 0 fully saturated rings. The van der Waals surface area contributed by atoms with Gasteiger partial charge < -0.3 is 8.83 Å². The molecule has 2 nitrogen and oxygen atoms in total. The minimum absolute atomic E-state index is 0.0661. The summed E-state index contributed by atoms with van der Waals surface area (Å²) in [6, 6.07) is 83.8. The predicted molar refractivity (Wildman–Crippen MR) is 374 cm³/mol. The van der Waals surface area contributed by atoms with E-state index in [2.05, 4.69) is 142 Å². The SMILES string of the molecule is [2H]c1c([2H])c(-c2cccc3oc4ccccc4c23)c([2H])c([2H])c1-c1c2ccccc2c(-c2ccccc2)c2ccccc12.[2H]c1c([2H])c([2H])c(-c2c3ccccc3c(-c3ccc(-c4c(-c5ccccc5)ccc5oc6ccccc6c45)cc3)c3ccc(C(C)(C)C)cc23)c([2H])c1[2H]. The number of rotatable bonds is 7. The number of hydrogen-bond donors (Lipinski definition) is 0. The number of para-hydroxylation sites is 2. The molecule has 0 bridgehead atoms. The van der Waals surface area contributed by atoms with Gasteiger partial charge in [0, 0.05) is 27.1 Å². The summed E-state index contributed by atoms with van der Waals surface area (Å²) in [6.07, 6.45) is 0. The summed E-state index contributed by atoms with van der Waals surface area (Å²) in [5.74, 6) is 0. The van der Waals surface area contributed by atoms with Gasteiger partial charge in [0.25, 0.3) is 0 Å². The fraction of sp³-hybridized carbons (Fsp3) is 0.0465. The van der Waals surface area contributed by atoms with Crippen molar-refractivity contribution in [2.24, 2.45) is 0 Å². The fourth-order valence-electron chi connectivity index (χ4n) is 13.2. The molecule has 0 aliphatic rings. The maximum absolute atomic E-state index is 9.35. The number of hydrogen-bond acceptors (Lipinski definition) is 2. The van der Waals surface area contributed by atoms with E-state index in [0.29, 0.717) is 33.4 Å². The van der Waals surface area contributed by atoms with Gasteiger partial charge in [-0.2, -0.15) is 0 Å². The maximum Gasteiger partial charge on any atom is 0.136 e. The van der Waals surface area contributed by atoms with Crippen LogP contribution in [0.1, 0.15) is 38.7 Å². The lowest BCUT2D eigenvalue weighted by atomic mass is 9.81. The molecule has 0 atom stereocenters. The van der Waals surface area contributed by atoms with Crippen molar-refractivity contribution in [3.63, 3.8) is 0 Å². The molecule has 0 aliphatic carbocycles.